The van der Waals surface area contributed by atoms with E-state index in [-0.39, 0.29) is 11.5 Å². The predicted octanol–water partition coefficient (Wildman–Crippen LogP) is 4.13. The van der Waals surface area contributed by atoms with Gasteiger partial charge >= 0.3 is 0 Å². The van der Waals surface area contributed by atoms with E-state index >= 15 is 0 Å². The minimum atomic E-state index is 0.120. The van der Waals surface area contributed by atoms with Gasteiger partial charge in [-0.3, -0.25) is 4.90 Å². The van der Waals surface area contributed by atoms with E-state index in [1.54, 1.807) is 0 Å². The molecule has 1 atom stereocenters. The molecule has 25 heavy (non-hydrogen) atoms. The summed E-state index contributed by atoms with van der Waals surface area (Å²) in [5.41, 5.74) is 2.71. The maximum Gasteiger partial charge on any atom is 0.0935 e. The second kappa shape index (κ2) is 8.61. The first-order valence-corrected chi connectivity index (χ1v) is 9.10. The van der Waals surface area contributed by atoms with E-state index in [9.17, 15) is 0 Å². The lowest BCUT2D eigenvalue weighted by Gasteiger charge is -2.28. The van der Waals surface area contributed by atoms with Gasteiger partial charge in [-0.15, -0.1) is 0 Å². The summed E-state index contributed by atoms with van der Waals surface area (Å²) < 4.78 is 12.1. The molecule has 1 saturated heterocycles. The fourth-order valence-electron chi connectivity index (χ4n) is 3.34. The first-order chi connectivity index (χ1) is 12.1. The van der Waals surface area contributed by atoms with Crippen LogP contribution in [0.25, 0.3) is 0 Å². The van der Waals surface area contributed by atoms with E-state index in [0.29, 0.717) is 13.2 Å². The van der Waals surface area contributed by atoms with Gasteiger partial charge in [0.2, 0.25) is 0 Å². The highest BCUT2D eigenvalue weighted by Gasteiger charge is 2.29. The van der Waals surface area contributed by atoms with Crippen LogP contribution in [-0.4, -0.2) is 37.3 Å². The number of hydrogen-bond acceptors (Lipinski definition) is 3. The summed E-state index contributed by atoms with van der Waals surface area (Å²) in [6.45, 7) is 9.51. The molecule has 134 valence electrons. The van der Waals surface area contributed by atoms with Gasteiger partial charge in [0.05, 0.1) is 25.9 Å². The van der Waals surface area contributed by atoms with E-state index in [4.69, 9.17) is 9.47 Å². The van der Waals surface area contributed by atoms with Crippen LogP contribution in [0.2, 0.25) is 0 Å². The molecule has 2 aromatic rings. The van der Waals surface area contributed by atoms with Crippen LogP contribution in [0.4, 0.5) is 0 Å². The highest BCUT2D eigenvalue weighted by Crippen LogP contribution is 2.24. The van der Waals surface area contributed by atoms with Gasteiger partial charge in [-0.05, 0) is 11.1 Å². The van der Waals surface area contributed by atoms with Crippen molar-refractivity contribution in [3.8, 4) is 0 Å². The van der Waals surface area contributed by atoms with E-state index in [1.165, 1.54) is 11.1 Å². The Balaban J connectivity index is 1.56. The molecule has 2 aromatic carbocycles. The van der Waals surface area contributed by atoms with Crippen molar-refractivity contribution in [1.82, 2.24) is 4.90 Å². The van der Waals surface area contributed by atoms with Crippen molar-refractivity contribution in [2.45, 2.75) is 33.1 Å². The monoisotopic (exact) mass is 339 g/mol. The molecule has 0 unspecified atom stereocenters. The lowest BCUT2D eigenvalue weighted by Crippen LogP contribution is -2.36. The van der Waals surface area contributed by atoms with Crippen molar-refractivity contribution in [2.24, 2.45) is 5.41 Å². The van der Waals surface area contributed by atoms with Crippen LogP contribution in [0.15, 0.2) is 60.7 Å². The molecule has 0 radical (unpaired) electrons. The second-order valence-corrected chi connectivity index (χ2v) is 7.75. The Bertz CT molecular complexity index is 627. The van der Waals surface area contributed by atoms with E-state index in [1.807, 2.05) is 18.2 Å². The molecule has 0 aromatic heterocycles. The number of hydrogen-bond donors (Lipinski definition) is 0. The van der Waals surface area contributed by atoms with Gasteiger partial charge in [-0.2, -0.15) is 0 Å². The number of nitrogens with zero attached hydrogens (tertiary/aromatic N) is 1. The zero-order valence-corrected chi connectivity index (χ0v) is 15.4. The quantitative estimate of drug-likeness (QED) is 0.790. The lowest BCUT2D eigenvalue weighted by atomic mass is 9.94. The van der Waals surface area contributed by atoms with Crippen molar-refractivity contribution in [1.29, 1.82) is 0 Å². The summed E-state index contributed by atoms with van der Waals surface area (Å²) in [5.74, 6) is 0. The van der Waals surface area contributed by atoms with Crippen molar-refractivity contribution in [2.75, 3.05) is 26.3 Å². The zero-order valence-electron chi connectivity index (χ0n) is 15.4. The third-order valence-corrected chi connectivity index (χ3v) is 4.49. The molecule has 3 heteroatoms. The molecular formula is C22H29NO2. The standard InChI is InChI=1S/C22H29NO2/c1-22(2)17-23(13-19-9-5-3-6-10-19)14-21(25-18-22)16-24-15-20-11-7-4-8-12-20/h3-12,21H,13-18H2,1-2H3/t21-/m0/s1. The van der Waals surface area contributed by atoms with Crippen molar-refractivity contribution in [3.05, 3.63) is 71.8 Å². The van der Waals surface area contributed by atoms with Crippen molar-refractivity contribution >= 4 is 0 Å². The van der Waals surface area contributed by atoms with E-state index in [2.05, 4.69) is 61.2 Å². The van der Waals surface area contributed by atoms with Crippen LogP contribution in [0.3, 0.4) is 0 Å². The maximum absolute atomic E-state index is 6.16. The Morgan fingerprint density at radius 2 is 1.64 bits per heavy atom. The van der Waals surface area contributed by atoms with Crippen molar-refractivity contribution in [3.63, 3.8) is 0 Å². The molecule has 0 bridgehead atoms. The topological polar surface area (TPSA) is 21.7 Å². The third kappa shape index (κ3) is 5.96. The van der Waals surface area contributed by atoms with E-state index < -0.39 is 0 Å². The van der Waals surface area contributed by atoms with Crippen LogP contribution < -0.4 is 0 Å². The third-order valence-electron chi connectivity index (χ3n) is 4.49. The van der Waals surface area contributed by atoms with Gasteiger partial charge in [0.1, 0.15) is 0 Å². The summed E-state index contributed by atoms with van der Waals surface area (Å²) in [7, 11) is 0. The smallest absolute Gasteiger partial charge is 0.0935 e. The number of ether oxygens (including phenoxy) is 2. The average molecular weight is 339 g/mol. The molecule has 1 aliphatic heterocycles. The largest absolute Gasteiger partial charge is 0.374 e. The van der Waals surface area contributed by atoms with Crippen LogP contribution >= 0.6 is 0 Å². The molecule has 0 N–H and O–H groups in total. The van der Waals surface area contributed by atoms with E-state index in [0.717, 1.165) is 26.2 Å². The first kappa shape index (κ1) is 18.1. The molecule has 1 fully saturated rings. The molecule has 0 saturated carbocycles. The first-order valence-electron chi connectivity index (χ1n) is 9.10. The molecule has 3 rings (SSSR count). The fraction of sp³-hybridized carbons (Fsp3) is 0.455. The Kier molecular flexibility index (Phi) is 6.24. The molecule has 1 aliphatic rings. The molecule has 1 heterocycles. The van der Waals surface area contributed by atoms with Crippen LogP contribution in [-0.2, 0) is 22.6 Å². The zero-order chi connectivity index (χ0) is 17.5. The normalized spacial score (nSPS) is 21.0. The molecule has 0 amide bonds. The Morgan fingerprint density at radius 1 is 1.00 bits per heavy atom. The van der Waals surface area contributed by atoms with Gasteiger partial charge < -0.3 is 9.47 Å². The fourth-order valence-corrected chi connectivity index (χ4v) is 3.34. The van der Waals surface area contributed by atoms with Crippen LogP contribution in [0.5, 0.6) is 0 Å². The summed E-state index contributed by atoms with van der Waals surface area (Å²) >= 11 is 0. The van der Waals surface area contributed by atoms with Gasteiger partial charge in [-0.25, -0.2) is 0 Å². The molecular weight excluding hydrogens is 310 g/mol. The maximum atomic E-state index is 6.16. The number of rotatable bonds is 6. The number of benzene rings is 2. The Hall–Kier alpha value is -1.68. The highest BCUT2D eigenvalue weighted by molar-refractivity contribution is 5.15. The Labute approximate surface area is 151 Å². The lowest BCUT2D eigenvalue weighted by molar-refractivity contribution is -0.0345. The highest BCUT2D eigenvalue weighted by atomic mass is 16.5. The summed E-state index contributed by atoms with van der Waals surface area (Å²) in [4.78, 5) is 2.50. The average Bonchev–Trinajstić information content (AvgIpc) is 2.75. The van der Waals surface area contributed by atoms with Crippen LogP contribution in [0.1, 0.15) is 25.0 Å². The SMILES string of the molecule is CC1(C)CO[C@H](COCc2ccccc2)CN(Cc2ccccc2)C1. The van der Waals surface area contributed by atoms with Gasteiger partial charge in [0, 0.05) is 25.0 Å². The molecule has 3 nitrogen and oxygen atoms in total. The summed E-state index contributed by atoms with van der Waals surface area (Å²) in [5, 5.41) is 0. The van der Waals surface area contributed by atoms with Gasteiger partial charge in [0.25, 0.3) is 0 Å². The Morgan fingerprint density at radius 3 is 2.32 bits per heavy atom. The molecule has 0 aliphatic carbocycles. The minimum absolute atomic E-state index is 0.120. The van der Waals surface area contributed by atoms with Crippen LogP contribution in [0, 0.1) is 5.41 Å². The second-order valence-electron chi connectivity index (χ2n) is 7.75. The minimum Gasteiger partial charge on any atom is -0.374 e. The van der Waals surface area contributed by atoms with Gasteiger partial charge in [-0.1, -0.05) is 74.5 Å². The van der Waals surface area contributed by atoms with Crippen molar-refractivity contribution < 1.29 is 9.47 Å². The molecule has 0 spiro atoms. The summed E-state index contributed by atoms with van der Waals surface area (Å²) in [6, 6.07) is 21.0. The summed E-state index contributed by atoms with van der Waals surface area (Å²) in [6.07, 6.45) is 0.120. The van der Waals surface area contributed by atoms with Gasteiger partial charge in [0.15, 0.2) is 0 Å². The predicted molar refractivity (Wildman–Crippen MR) is 101 cm³/mol.